The quantitative estimate of drug-likeness (QED) is 0.127. The summed E-state index contributed by atoms with van der Waals surface area (Å²) in [5, 5.41) is 5.59. The number of alkyl carbamates (subject to hydrolysis) is 2. The molecule has 0 spiro atoms. The molecule has 6 atom stereocenters. The van der Waals surface area contributed by atoms with E-state index in [0.29, 0.717) is 38.5 Å². The normalized spacial score (nSPS) is 22.7. The molecule has 3 aliphatic heterocycles. The molecule has 15 heteroatoms. The first-order chi connectivity index (χ1) is 29.1. The summed E-state index contributed by atoms with van der Waals surface area (Å²) in [6.45, 7) is 5.53. The number of carbonyl (C=O) groups is 4. The van der Waals surface area contributed by atoms with E-state index < -0.39 is 24.3 Å². The fraction of sp³-hybridized carbons (Fsp3) is 0.511. The number of methoxy groups -OCH3 is 2. The number of benzene rings is 2. The van der Waals surface area contributed by atoms with Gasteiger partial charge in [-0.2, -0.15) is 0 Å². The molecule has 2 aromatic heterocycles. The van der Waals surface area contributed by atoms with Gasteiger partial charge in [0.15, 0.2) is 0 Å². The van der Waals surface area contributed by atoms with Gasteiger partial charge in [0.2, 0.25) is 11.8 Å². The van der Waals surface area contributed by atoms with Crippen LogP contribution in [-0.4, -0.2) is 106 Å². The Balaban J connectivity index is 0.942. The number of H-pyrrole nitrogens is 2. The van der Waals surface area contributed by atoms with Crippen molar-refractivity contribution in [1.29, 1.82) is 0 Å². The van der Waals surface area contributed by atoms with Crippen LogP contribution in [0, 0.1) is 17.8 Å². The highest BCUT2D eigenvalue weighted by Gasteiger charge is 2.50. The molecule has 4 amide bonds. The van der Waals surface area contributed by atoms with E-state index in [0.717, 1.165) is 83.8 Å². The number of likely N-dealkylation sites (tertiary alicyclic amines) is 2. The molecule has 318 valence electrons. The summed E-state index contributed by atoms with van der Waals surface area (Å²) in [6.07, 6.45) is 9.42. The Morgan fingerprint density at radius 2 is 1.28 bits per heavy atom. The zero-order valence-electron chi connectivity index (χ0n) is 34.8. The molecule has 4 aliphatic rings. The molecule has 4 fully saturated rings. The molecule has 2 aromatic carbocycles. The molecular weight excluding hydrogens is 765 g/mol. The number of carbonyl (C=O) groups excluding carboxylic acids is 4. The first-order valence-corrected chi connectivity index (χ1v) is 21.3. The predicted octanol–water partition coefficient (Wildman–Crippen LogP) is 6.77. The molecule has 4 aromatic rings. The number of aromatic amines is 2. The van der Waals surface area contributed by atoms with Crippen LogP contribution in [0.3, 0.4) is 0 Å². The molecule has 1 aliphatic carbocycles. The average molecular weight is 821 g/mol. The van der Waals surface area contributed by atoms with Gasteiger partial charge in [0.25, 0.3) is 0 Å². The Bertz CT molecular complexity index is 2140. The lowest BCUT2D eigenvalue weighted by Gasteiger charge is -2.36. The Labute approximate surface area is 350 Å². The van der Waals surface area contributed by atoms with E-state index in [4.69, 9.17) is 19.2 Å². The molecule has 5 heterocycles. The predicted molar refractivity (Wildman–Crippen MR) is 223 cm³/mol. The van der Waals surface area contributed by atoms with Gasteiger partial charge < -0.3 is 44.6 Å². The lowest BCUT2D eigenvalue weighted by molar-refractivity contribution is -0.139. The van der Waals surface area contributed by atoms with Crippen LogP contribution in [0.15, 0.2) is 60.9 Å². The fourth-order valence-corrected chi connectivity index (χ4v) is 9.81. The van der Waals surface area contributed by atoms with Crippen molar-refractivity contribution in [2.75, 3.05) is 34.0 Å². The van der Waals surface area contributed by atoms with Gasteiger partial charge in [-0.1, -0.05) is 68.8 Å². The van der Waals surface area contributed by atoms with Crippen molar-refractivity contribution in [3.05, 3.63) is 72.6 Å². The van der Waals surface area contributed by atoms with E-state index in [1.807, 2.05) is 36.0 Å². The summed E-state index contributed by atoms with van der Waals surface area (Å²) in [7, 11) is 2.62. The number of aromatic nitrogens is 4. The highest BCUT2D eigenvalue weighted by molar-refractivity contribution is 5.87. The van der Waals surface area contributed by atoms with Gasteiger partial charge in [-0.3, -0.25) is 9.59 Å². The molecule has 3 saturated heterocycles. The molecular formula is C45H56N8O7. The van der Waals surface area contributed by atoms with Crippen molar-refractivity contribution in [3.63, 3.8) is 0 Å². The maximum atomic E-state index is 14.5. The van der Waals surface area contributed by atoms with Gasteiger partial charge in [-0.15, -0.1) is 0 Å². The summed E-state index contributed by atoms with van der Waals surface area (Å²) >= 11 is 0. The van der Waals surface area contributed by atoms with E-state index in [9.17, 15) is 19.2 Å². The van der Waals surface area contributed by atoms with Gasteiger partial charge in [0, 0.05) is 25.8 Å². The van der Waals surface area contributed by atoms with Crippen molar-refractivity contribution in [1.82, 2.24) is 40.4 Å². The van der Waals surface area contributed by atoms with Crippen molar-refractivity contribution in [2.45, 2.75) is 95.4 Å². The van der Waals surface area contributed by atoms with Crippen molar-refractivity contribution in [3.8, 4) is 33.6 Å². The summed E-state index contributed by atoms with van der Waals surface area (Å²) in [5.74, 6) is 1.55. The number of fused-ring (bicyclic) bond motifs is 1. The minimum Gasteiger partial charge on any atom is -0.453 e. The number of nitrogens with one attached hydrogen (secondary N) is 4. The van der Waals surface area contributed by atoms with Gasteiger partial charge in [0.05, 0.1) is 50.1 Å². The van der Waals surface area contributed by atoms with E-state index in [-0.39, 0.29) is 41.8 Å². The van der Waals surface area contributed by atoms with Crippen LogP contribution in [0.4, 0.5) is 9.59 Å². The Morgan fingerprint density at radius 3 is 1.87 bits per heavy atom. The number of rotatable bonds is 11. The first-order valence-electron chi connectivity index (χ1n) is 21.3. The Morgan fingerprint density at radius 1 is 0.717 bits per heavy atom. The molecule has 0 bridgehead atoms. The smallest absolute Gasteiger partial charge is 0.407 e. The highest BCUT2D eigenvalue weighted by Crippen LogP contribution is 2.48. The number of amides is 4. The largest absolute Gasteiger partial charge is 0.453 e. The lowest BCUT2D eigenvalue weighted by atomic mass is 9.90. The molecule has 4 N–H and O–H groups in total. The second-order valence-corrected chi connectivity index (χ2v) is 16.9. The van der Waals surface area contributed by atoms with Crippen LogP contribution >= 0.6 is 0 Å². The minimum absolute atomic E-state index is 0.0267. The Kier molecular flexibility index (Phi) is 12.2. The summed E-state index contributed by atoms with van der Waals surface area (Å²) in [4.78, 5) is 72.9. The monoisotopic (exact) mass is 820 g/mol. The fourth-order valence-electron chi connectivity index (χ4n) is 9.81. The second kappa shape index (κ2) is 17.9. The third-order valence-corrected chi connectivity index (χ3v) is 13.0. The molecule has 15 nitrogen and oxygen atoms in total. The average Bonchev–Trinajstić information content (AvgIpc) is 4.13. The summed E-state index contributed by atoms with van der Waals surface area (Å²) < 4.78 is 15.3. The van der Waals surface area contributed by atoms with Gasteiger partial charge in [0.1, 0.15) is 23.7 Å². The van der Waals surface area contributed by atoms with Crippen LogP contribution < -0.4 is 10.6 Å². The van der Waals surface area contributed by atoms with Crippen LogP contribution in [0.2, 0.25) is 0 Å². The maximum absolute atomic E-state index is 14.5. The van der Waals surface area contributed by atoms with Crippen LogP contribution in [0.1, 0.15) is 88.9 Å². The maximum Gasteiger partial charge on any atom is 0.407 e. The van der Waals surface area contributed by atoms with E-state index in [1.165, 1.54) is 14.2 Å². The molecule has 2 unspecified atom stereocenters. The minimum atomic E-state index is -0.689. The van der Waals surface area contributed by atoms with E-state index in [1.54, 1.807) is 0 Å². The summed E-state index contributed by atoms with van der Waals surface area (Å²) in [6, 6.07) is 15.0. The lowest BCUT2D eigenvalue weighted by Crippen LogP contribution is -2.55. The zero-order valence-corrected chi connectivity index (χ0v) is 34.8. The topological polar surface area (TPSA) is 184 Å². The van der Waals surface area contributed by atoms with Crippen molar-refractivity contribution >= 4 is 24.0 Å². The first kappa shape index (κ1) is 41.1. The standard InChI is InChI=1S/C45H56N8O7/c1-26(2)38(50-44(56)58-3)42(54)52-20-6-9-36(52)40-46-24-33(48-40)29-14-10-27(11-15-29)28-12-16-30(17-13-28)34-25-47-41(49-34)37-23-32-7-5-8-35(32)53(37)43(55)39(51-45(57)59-4)31-18-21-60-22-19-31/h10-17,24-26,31-32,35-39H,5-9,18-23H2,1-4H3,(H,46,48)(H,47,49)(H,50,56)(H,51,57)/t32?,35-,36+,37+,38+,39?/m1/s1. The number of imidazole rings is 2. The number of nitrogens with zero attached hydrogens (tertiary/aromatic N) is 4. The van der Waals surface area contributed by atoms with Crippen LogP contribution in [0.5, 0.6) is 0 Å². The molecule has 0 radical (unpaired) electrons. The van der Waals surface area contributed by atoms with Crippen molar-refractivity contribution in [2.24, 2.45) is 17.8 Å². The van der Waals surface area contributed by atoms with E-state index in [2.05, 4.69) is 74.1 Å². The van der Waals surface area contributed by atoms with Gasteiger partial charge in [-0.25, -0.2) is 19.6 Å². The Hall–Kier alpha value is -5.70. The summed E-state index contributed by atoms with van der Waals surface area (Å²) in [5.41, 5.74) is 5.83. The third kappa shape index (κ3) is 8.36. The highest BCUT2D eigenvalue weighted by atomic mass is 16.5. The number of ether oxygens (including phenoxy) is 3. The van der Waals surface area contributed by atoms with Crippen LogP contribution in [-0.2, 0) is 23.8 Å². The van der Waals surface area contributed by atoms with E-state index >= 15 is 0 Å². The zero-order chi connectivity index (χ0) is 41.9. The molecule has 8 rings (SSSR count). The molecule has 1 saturated carbocycles. The van der Waals surface area contributed by atoms with Gasteiger partial charge in [-0.05, 0) is 85.0 Å². The SMILES string of the molecule is COC(=O)NC(C(=O)N1[C@@H]2CCCC2C[C@H]1c1ncc(-c2ccc(-c3ccc(-c4cnc([C@@H]5CCCN5C(=O)[C@@H](NC(=O)OC)C(C)C)[nH]4)cc3)cc2)[nH]1)C1CCOCC1. The second-order valence-electron chi connectivity index (χ2n) is 16.9. The van der Waals surface area contributed by atoms with Crippen LogP contribution in [0.25, 0.3) is 33.6 Å². The van der Waals surface area contributed by atoms with Gasteiger partial charge >= 0.3 is 12.2 Å². The third-order valence-electron chi connectivity index (χ3n) is 13.0. The number of hydrogen-bond donors (Lipinski definition) is 4. The van der Waals surface area contributed by atoms with Crippen molar-refractivity contribution < 1.29 is 33.4 Å². The molecule has 60 heavy (non-hydrogen) atoms. The number of hydrogen-bond acceptors (Lipinski definition) is 9.